The van der Waals surface area contributed by atoms with Gasteiger partial charge < -0.3 is 14.3 Å². The summed E-state index contributed by atoms with van der Waals surface area (Å²) in [6.07, 6.45) is -0.261. The Bertz CT molecular complexity index is 602. The zero-order valence-electron chi connectivity index (χ0n) is 11.0. The van der Waals surface area contributed by atoms with E-state index in [-0.39, 0.29) is 30.0 Å². The predicted molar refractivity (Wildman–Crippen MR) is 67.7 cm³/mol. The van der Waals surface area contributed by atoms with Crippen LogP contribution >= 0.6 is 0 Å². The molecule has 0 fully saturated rings. The molecular formula is C11H15NO7S. The molecule has 1 heterocycles. The molecule has 0 saturated carbocycles. The van der Waals surface area contributed by atoms with Gasteiger partial charge in [-0.3, -0.25) is 4.79 Å². The van der Waals surface area contributed by atoms with Gasteiger partial charge in [-0.15, -0.1) is 0 Å². The lowest BCUT2D eigenvalue weighted by atomic mass is 10.2. The number of methoxy groups -OCH3 is 1. The molecule has 0 amide bonds. The van der Waals surface area contributed by atoms with E-state index >= 15 is 0 Å². The zero-order chi connectivity index (χ0) is 15.3. The van der Waals surface area contributed by atoms with E-state index < -0.39 is 27.7 Å². The molecule has 0 saturated heterocycles. The fourth-order valence-corrected chi connectivity index (χ4v) is 2.36. The third kappa shape index (κ3) is 4.67. The quantitative estimate of drug-likeness (QED) is 0.693. The second-order valence-corrected chi connectivity index (χ2v) is 5.88. The Labute approximate surface area is 115 Å². The number of aryl methyl sites for hydroxylation is 1. The molecule has 1 rings (SSSR count). The van der Waals surface area contributed by atoms with E-state index in [0.717, 1.165) is 0 Å². The minimum absolute atomic E-state index is 0.0197. The Morgan fingerprint density at radius 2 is 2.10 bits per heavy atom. The number of hydrogen-bond donors (Lipinski definition) is 2. The number of rotatable bonds is 7. The third-order valence-corrected chi connectivity index (χ3v) is 3.79. The van der Waals surface area contributed by atoms with E-state index in [2.05, 4.69) is 9.46 Å². The van der Waals surface area contributed by atoms with Crippen LogP contribution in [-0.4, -0.2) is 38.3 Å². The van der Waals surface area contributed by atoms with Crippen molar-refractivity contribution in [2.75, 3.05) is 12.9 Å². The second kappa shape index (κ2) is 6.53. The highest BCUT2D eigenvalue weighted by Gasteiger charge is 2.17. The van der Waals surface area contributed by atoms with Gasteiger partial charge in [0.1, 0.15) is 17.1 Å². The molecule has 0 aliphatic carbocycles. The first-order valence-electron chi connectivity index (χ1n) is 5.62. The van der Waals surface area contributed by atoms with Crippen LogP contribution in [0.1, 0.15) is 28.3 Å². The molecule has 1 aromatic heterocycles. The molecule has 0 radical (unpaired) electrons. The number of carboxylic acids is 1. The van der Waals surface area contributed by atoms with E-state index in [1.54, 1.807) is 0 Å². The number of carbonyl (C=O) groups is 2. The van der Waals surface area contributed by atoms with Gasteiger partial charge in [-0.2, -0.15) is 0 Å². The second-order valence-electron chi connectivity index (χ2n) is 3.95. The van der Waals surface area contributed by atoms with Crippen LogP contribution in [0.4, 0.5) is 0 Å². The van der Waals surface area contributed by atoms with Crippen LogP contribution < -0.4 is 4.72 Å². The van der Waals surface area contributed by atoms with Gasteiger partial charge in [0.15, 0.2) is 0 Å². The van der Waals surface area contributed by atoms with Crippen LogP contribution in [0.2, 0.25) is 0 Å². The summed E-state index contributed by atoms with van der Waals surface area (Å²) in [6.45, 7) is 1.29. The van der Waals surface area contributed by atoms with Crippen molar-refractivity contribution in [1.29, 1.82) is 0 Å². The van der Waals surface area contributed by atoms with E-state index in [9.17, 15) is 18.0 Å². The fourth-order valence-electron chi connectivity index (χ4n) is 1.42. The summed E-state index contributed by atoms with van der Waals surface area (Å²) in [5.41, 5.74) is -0.0197. The number of hydrogen-bond acceptors (Lipinski definition) is 6. The molecule has 9 heteroatoms. The van der Waals surface area contributed by atoms with E-state index in [0.29, 0.717) is 0 Å². The molecule has 1 aromatic rings. The molecule has 112 valence electrons. The van der Waals surface area contributed by atoms with E-state index in [4.69, 9.17) is 9.52 Å². The lowest BCUT2D eigenvalue weighted by molar-refractivity contribution is -0.140. The van der Waals surface area contributed by atoms with Gasteiger partial charge in [0.05, 0.1) is 25.8 Å². The molecule has 2 N–H and O–H groups in total. The van der Waals surface area contributed by atoms with Gasteiger partial charge in [0, 0.05) is 0 Å². The lowest BCUT2D eigenvalue weighted by Gasteiger charge is -2.04. The van der Waals surface area contributed by atoms with Crippen molar-refractivity contribution in [3.8, 4) is 0 Å². The van der Waals surface area contributed by atoms with Gasteiger partial charge >= 0.3 is 11.9 Å². The SMILES string of the molecule is COC(=O)CCS(=O)(=O)NCc1cc(C(=O)O)c(C)o1. The van der Waals surface area contributed by atoms with Gasteiger partial charge in [-0.05, 0) is 13.0 Å². The Kier molecular flexibility index (Phi) is 5.28. The molecule has 0 bridgehead atoms. The molecule has 0 aliphatic rings. The minimum atomic E-state index is -3.67. The molecule has 0 aliphatic heterocycles. The Morgan fingerprint density at radius 1 is 1.45 bits per heavy atom. The molecule has 0 unspecified atom stereocenters. The third-order valence-electron chi connectivity index (χ3n) is 2.47. The monoisotopic (exact) mass is 305 g/mol. The summed E-state index contributed by atoms with van der Waals surface area (Å²) >= 11 is 0. The van der Waals surface area contributed by atoms with Crippen LogP contribution in [0.25, 0.3) is 0 Å². The Morgan fingerprint density at radius 3 is 2.60 bits per heavy atom. The van der Waals surface area contributed by atoms with Crippen molar-refractivity contribution >= 4 is 22.0 Å². The first-order valence-corrected chi connectivity index (χ1v) is 7.27. The average molecular weight is 305 g/mol. The highest BCUT2D eigenvalue weighted by atomic mass is 32.2. The summed E-state index contributed by atoms with van der Waals surface area (Å²) in [6, 6.07) is 1.25. The summed E-state index contributed by atoms with van der Waals surface area (Å²) in [4.78, 5) is 21.7. The topological polar surface area (TPSA) is 123 Å². The van der Waals surface area contributed by atoms with Crippen LogP contribution in [0, 0.1) is 6.92 Å². The highest BCUT2D eigenvalue weighted by Crippen LogP contribution is 2.14. The fraction of sp³-hybridized carbons (Fsp3) is 0.455. The largest absolute Gasteiger partial charge is 0.478 e. The zero-order valence-corrected chi connectivity index (χ0v) is 11.8. The predicted octanol–water partition coefficient (Wildman–Crippen LogP) is 0.269. The average Bonchev–Trinajstić information content (AvgIpc) is 2.75. The molecule has 0 aromatic carbocycles. The van der Waals surface area contributed by atoms with Crippen molar-refractivity contribution in [2.45, 2.75) is 19.9 Å². The Hall–Kier alpha value is -1.87. The number of ether oxygens (including phenoxy) is 1. The van der Waals surface area contributed by atoms with E-state index in [1.165, 1.54) is 20.1 Å². The van der Waals surface area contributed by atoms with E-state index in [1.807, 2.05) is 0 Å². The first kappa shape index (κ1) is 16.2. The molecule has 8 nitrogen and oxygen atoms in total. The van der Waals surface area contributed by atoms with Crippen molar-refractivity contribution in [2.24, 2.45) is 0 Å². The molecule has 0 atom stereocenters. The van der Waals surface area contributed by atoms with Crippen LogP contribution in [0.3, 0.4) is 0 Å². The van der Waals surface area contributed by atoms with Crippen molar-refractivity contribution in [3.63, 3.8) is 0 Å². The summed E-state index contributed by atoms with van der Waals surface area (Å²) in [7, 11) is -2.50. The number of nitrogens with one attached hydrogen (secondary N) is 1. The number of carbonyl (C=O) groups excluding carboxylic acids is 1. The van der Waals surface area contributed by atoms with Gasteiger partial charge in [-0.1, -0.05) is 0 Å². The maximum atomic E-state index is 11.6. The molecule has 0 spiro atoms. The maximum Gasteiger partial charge on any atom is 0.339 e. The molecular weight excluding hydrogens is 290 g/mol. The number of furan rings is 1. The molecule has 20 heavy (non-hydrogen) atoms. The number of sulfonamides is 1. The number of carboxylic acid groups (broad SMARTS) is 1. The highest BCUT2D eigenvalue weighted by molar-refractivity contribution is 7.89. The van der Waals surface area contributed by atoms with Crippen LogP contribution in [-0.2, 0) is 26.1 Å². The van der Waals surface area contributed by atoms with Crippen LogP contribution in [0.5, 0.6) is 0 Å². The van der Waals surface area contributed by atoms with Crippen molar-refractivity contribution < 1.29 is 32.3 Å². The van der Waals surface area contributed by atoms with Gasteiger partial charge in [-0.25, -0.2) is 17.9 Å². The normalized spacial score (nSPS) is 11.3. The van der Waals surface area contributed by atoms with Crippen molar-refractivity contribution in [3.05, 3.63) is 23.2 Å². The lowest BCUT2D eigenvalue weighted by Crippen LogP contribution is -2.27. The first-order chi connectivity index (χ1) is 9.25. The number of esters is 1. The summed E-state index contributed by atoms with van der Waals surface area (Å²) in [5, 5.41) is 8.83. The van der Waals surface area contributed by atoms with Gasteiger partial charge in [0.2, 0.25) is 10.0 Å². The smallest absolute Gasteiger partial charge is 0.339 e. The maximum absolute atomic E-state index is 11.6. The summed E-state index contributed by atoms with van der Waals surface area (Å²) in [5.74, 6) is -1.81. The Balaban J connectivity index is 2.60. The summed E-state index contributed by atoms with van der Waals surface area (Å²) < 4.78 is 34.8. The van der Waals surface area contributed by atoms with Gasteiger partial charge in [0.25, 0.3) is 0 Å². The van der Waals surface area contributed by atoms with Crippen molar-refractivity contribution in [1.82, 2.24) is 4.72 Å². The minimum Gasteiger partial charge on any atom is -0.478 e. The number of aromatic carboxylic acids is 1. The standard InChI is InChI=1S/C11H15NO7S/c1-7-9(11(14)15)5-8(19-7)6-12-20(16,17)4-3-10(13)18-2/h5,12H,3-4,6H2,1-2H3,(H,14,15). The van der Waals surface area contributed by atoms with Crippen LogP contribution in [0.15, 0.2) is 10.5 Å².